The first-order valence-corrected chi connectivity index (χ1v) is 5.89. The van der Waals surface area contributed by atoms with Crippen LogP contribution in [0.3, 0.4) is 0 Å². The van der Waals surface area contributed by atoms with E-state index in [0.29, 0.717) is 5.41 Å². The molecule has 0 heterocycles. The van der Waals surface area contributed by atoms with Gasteiger partial charge in [-0.1, -0.05) is 46.4 Å². The number of nitrogens with one attached hydrogen (secondary N) is 1. The maximum Gasteiger partial charge on any atom is 0.279 e. The lowest BCUT2D eigenvalue weighted by Crippen LogP contribution is -2.24. The Labute approximate surface area is 92.2 Å². The van der Waals surface area contributed by atoms with Gasteiger partial charge in [0.1, 0.15) is 0 Å². The number of rotatable bonds is 3. The smallest absolute Gasteiger partial charge is 0.279 e. The van der Waals surface area contributed by atoms with Gasteiger partial charge in [-0.05, 0) is 18.3 Å². The van der Waals surface area contributed by atoms with E-state index in [4.69, 9.17) is 0 Å². The molecule has 0 aliphatic rings. The first-order chi connectivity index (χ1) is 6.16. The van der Waals surface area contributed by atoms with Gasteiger partial charge in [-0.15, -0.1) is 0 Å². The van der Waals surface area contributed by atoms with Crippen molar-refractivity contribution in [3.05, 3.63) is 0 Å². The Hall–Kier alpha value is -0.180. The molecule has 0 unspecified atom stereocenters. The average molecular weight is 217 g/mol. The molecule has 0 saturated heterocycles. The van der Waals surface area contributed by atoms with E-state index in [1.54, 1.807) is 7.05 Å². The van der Waals surface area contributed by atoms with Gasteiger partial charge in [-0.25, -0.2) is 0 Å². The highest BCUT2D eigenvalue weighted by molar-refractivity contribution is 8.14. The molecule has 3 heteroatoms. The highest BCUT2D eigenvalue weighted by Gasteiger charge is 2.24. The predicted molar refractivity (Wildman–Crippen MR) is 64.8 cm³/mol. The van der Waals surface area contributed by atoms with Crippen molar-refractivity contribution in [2.24, 2.45) is 5.41 Å². The van der Waals surface area contributed by atoms with Gasteiger partial charge in [0.2, 0.25) is 0 Å². The summed E-state index contributed by atoms with van der Waals surface area (Å²) in [6.45, 7) is 10.9. The van der Waals surface area contributed by atoms with E-state index in [1.165, 1.54) is 11.8 Å². The molecule has 14 heavy (non-hydrogen) atoms. The molecule has 0 aromatic heterocycles. The number of thioether (sulfide) groups is 1. The van der Waals surface area contributed by atoms with Gasteiger partial charge in [0.15, 0.2) is 0 Å². The zero-order valence-electron chi connectivity index (χ0n) is 10.2. The van der Waals surface area contributed by atoms with Crippen LogP contribution in [0, 0.1) is 5.41 Å². The van der Waals surface area contributed by atoms with Gasteiger partial charge in [0, 0.05) is 11.8 Å². The molecule has 0 aliphatic heterocycles. The summed E-state index contributed by atoms with van der Waals surface area (Å²) >= 11 is 1.39. The fourth-order valence-electron chi connectivity index (χ4n) is 1.03. The Morgan fingerprint density at radius 2 is 1.64 bits per heavy atom. The fourth-order valence-corrected chi connectivity index (χ4v) is 1.84. The summed E-state index contributed by atoms with van der Waals surface area (Å²) in [4.78, 5) is 11.2. The minimum Gasteiger partial charge on any atom is -0.350 e. The largest absolute Gasteiger partial charge is 0.350 e. The van der Waals surface area contributed by atoms with Crippen LogP contribution in [-0.4, -0.2) is 17.0 Å². The Balaban J connectivity index is 4.01. The lowest BCUT2D eigenvalue weighted by Gasteiger charge is -2.27. The summed E-state index contributed by atoms with van der Waals surface area (Å²) < 4.78 is 0.0351. The highest BCUT2D eigenvalue weighted by atomic mass is 32.2. The number of carbonyl (C=O) groups excluding carboxylic acids is 1. The summed E-state index contributed by atoms with van der Waals surface area (Å²) in [5.41, 5.74) is 0.348. The van der Waals surface area contributed by atoms with Gasteiger partial charge < -0.3 is 5.32 Å². The molecule has 0 spiro atoms. The number of amides is 1. The zero-order valence-corrected chi connectivity index (χ0v) is 11.0. The van der Waals surface area contributed by atoms with Crippen LogP contribution in [0.15, 0.2) is 0 Å². The van der Waals surface area contributed by atoms with Crippen LogP contribution in [0.5, 0.6) is 0 Å². The highest BCUT2D eigenvalue weighted by Crippen LogP contribution is 2.34. The third kappa shape index (κ3) is 7.25. The molecule has 0 saturated carbocycles. The number of carbonyl (C=O) groups is 1. The van der Waals surface area contributed by atoms with Crippen LogP contribution in [-0.2, 0) is 0 Å². The van der Waals surface area contributed by atoms with Gasteiger partial charge in [0.25, 0.3) is 5.24 Å². The third-order valence-corrected chi connectivity index (χ3v) is 3.20. The van der Waals surface area contributed by atoms with Gasteiger partial charge in [0.05, 0.1) is 0 Å². The Kier molecular flexibility index (Phi) is 4.99. The maximum atomic E-state index is 11.2. The quantitative estimate of drug-likeness (QED) is 0.781. The fraction of sp³-hybridized carbons (Fsp3) is 0.909. The molecule has 2 nitrogen and oxygen atoms in total. The van der Waals surface area contributed by atoms with Crippen LogP contribution < -0.4 is 5.32 Å². The van der Waals surface area contributed by atoms with Crippen LogP contribution in [0.25, 0.3) is 0 Å². The van der Waals surface area contributed by atoms with Crippen LogP contribution in [0.4, 0.5) is 4.79 Å². The van der Waals surface area contributed by atoms with E-state index in [2.05, 4.69) is 39.9 Å². The average Bonchev–Trinajstić information content (AvgIpc) is 1.99. The van der Waals surface area contributed by atoms with Crippen molar-refractivity contribution in [1.82, 2.24) is 5.32 Å². The van der Waals surface area contributed by atoms with Crippen molar-refractivity contribution in [1.29, 1.82) is 0 Å². The van der Waals surface area contributed by atoms with Crippen molar-refractivity contribution in [3.8, 4) is 0 Å². The maximum absolute atomic E-state index is 11.2. The molecule has 84 valence electrons. The Bertz CT molecular complexity index is 194. The molecule has 0 atom stereocenters. The van der Waals surface area contributed by atoms with Crippen molar-refractivity contribution in [3.63, 3.8) is 0 Å². The number of hydrogen-bond donors (Lipinski definition) is 1. The summed E-state index contributed by atoms with van der Waals surface area (Å²) in [7, 11) is 1.68. The molecule has 0 radical (unpaired) electrons. The molecule has 0 rings (SSSR count). The molecule has 0 aromatic rings. The summed E-state index contributed by atoms with van der Waals surface area (Å²) in [5.74, 6) is 0. The van der Waals surface area contributed by atoms with Crippen molar-refractivity contribution >= 4 is 17.0 Å². The van der Waals surface area contributed by atoms with Gasteiger partial charge >= 0.3 is 0 Å². The monoisotopic (exact) mass is 217 g/mol. The second-order valence-electron chi connectivity index (χ2n) is 5.46. The van der Waals surface area contributed by atoms with Crippen molar-refractivity contribution < 1.29 is 4.79 Å². The zero-order chi connectivity index (χ0) is 11.4. The first-order valence-electron chi connectivity index (χ1n) is 5.07. The second-order valence-corrected chi connectivity index (χ2v) is 7.14. The van der Waals surface area contributed by atoms with Crippen molar-refractivity contribution in [2.75, 3.05) is 7.05 Å². The van der Waals surface area contributed by atoms with Crippen LogP contribution in [0.2, 0.25) is 0 Å². The molecule has 0 fully saturated rings. The molecule has 0 aliphatic carbocycles. The Morgan fingerprint density at radius 1 is 1.14 bits per heavy atom. The number of hydrogen-bond acceptors (Lipinski definition) is 2. The predicted octanol–water partition coefficient (Wildman–Crippen LogP) is 3.66. The molecular weight excluding hydrogens is 194 g/mol. The SMILES string of the molecule is CNC(=O)SC(C)(C)CCC(C)(C)C. The summed E-state index contributed by atoms with van der Waals surface area (Å²) in [5, 5.41) is 2.70. The normalized spacial score (nSPS) is 12.7. The Morgan fingerprint density at radius 3 is 2.00 bits per heavy atom. The molecule has 1 amide bonds. The lowest BCUT2D eigenvalue weighted by molar-refractivity contribution is 0.262. The standard InChI is InChI=1S/C11H23NOS/c1-10(2,3)7-8-11(4,5)14-9(13)12-6/h7-8H2,1-6H3,(H,12,13). The molecule has 0 aromatic carbocycles. The minimum absolute atomic E-state index is 0.0351. The van der Waals surface area contributed by atoms with E-state index >= 15 is 0 Å². The molecular formula is C11H23NOS. The van der Waals surface area contributed by atoms with Crippen molar-refractivity contribution in [2.45, 2.75) is 52.2 Å². The van der Waals surface area contributed by atoms with Crippen LogP contribution in [0.1, 0.15) is 47.5 Å². The third-order valence-electron chi connectivity index (χ3n) is 2.05. The summed E-state index contributed by atoms with van der Waals surface area (Å²) in [6, 6.07) is 0. The van der Waals surface area contributed by atoms with E-state index in [1.807, 2.05) is 0 Å². The minimum atomic E-state index is 0.0351. The van der Waals surface area contributed by atoms with Crippen LogP contribution >= 0.6 is 11.8 Å². The van der Waals surface area contributed by atoms with Gasteiger partial charge in [-0.3, -0.25) is 4.79 Å². The van der Waals surface area contributed by atoms with Gasteiger partial charge in [-0.2, -0.15) is 0 Å². The van der Waals surface area contributed by atoms with E-state index in [0.717, 1.165) is 12.8 Å². The van der Waals surface area contributed by atoms with E-state index in [9.17, 15) is 4.79 Å². The van der Waals surface area contributed by atoms with E-state index < -0.39 is 0 Å². The topological polar surface area (TPSA) is 29.1 Å². The lowest BCUT2D eigenvalue weighted by atomic mass is 9.87. The van der Waals surface area contributed by atoms with E-state index in [-0.39, 0.29) is 9.99 Å². The second kappa shape index (κ2) is 5.06. The summed E-state index contributed by atoms with van der Waals surface area (Å²) in [6.07, 6.45) is 2.21. The molecule has 0 bridgehead atoms. The molecule has 1 N–H and O–H groups in total. The first kappa shape index (κ1) is 13.8.